The molecule has 5 heteroatoms. The highest BCUT2D eigenvalue weighted by atomic mass is 16.2. The highest BCUT2D eigenvalue weighted by Crippen LogP contribution is 2.30. The molecule has 0 aromatic heterocycles. The van der Waals surface area contributed by atoms with Crippen LogP contribution in [0, 0.1) is 0 Å². The Balaban J connectivity index is 2.09. The maximum absolute atomic E-state index is 11.9. The first-order valence-electron chi connectivity index (χ1n) is 7.00. The summed E-state index contributed by atoms with van der Waals surface area (Å²) in [6.07, 6.45) is 2.38. The van der Waals surface area contributed by atoms with Gasteiger partial charge in [0.05, 0.1) is 6.04 Å². The Morgan fingerprint density at radius 2 is 2.20 bits per heavy atom. The molecule has 1 heterocycles. The van der Waals surface area contributed by atoms with Crippen LogP contribution in [-0.2, 0) is 16.0 Å². The van der Waals surface area contributed by atoms with E-state index in [4.69, 9.17) is 5.73 Å². The fourth-order valence-electron chi connectivity index (χ4n) is 2.48. The van der Waals surface area contributed by atoms with Crippen LogP contribution in [0.2, 0.25) is 0 Å². The number of hydrogen-bond acceptors (Lipinski definition) is 3. The van der Waals surface area contributed by atoms with Crippen LogP contribution in [0.1, 0.15) is 32.3 Å². The highest BCUT2D eigenvalue weighted by molar-refractivity contribution is 5.97. The van der Waals surface area contributed by atoms with Gasteiger partial charge in [0.1, 0.15) is 0 Å². The van der Waals surface area contributed by atoms with Crippen molar-refractivity contribution in [2.24, 2.45) is 5.73 Å². The highest BCUT2D eigenvalue weighted by Gasteiger charge is 2.22. The van der Waals surface area contributed by atoms with E-state index in [0.717, 1.165) is 29.8 Å². The van der Waals surface area contributed by atoms with Gasteiger partial charge >= 0.3 is 0 Å². The number of nitrogens with one attached hydrogen (secondary N) is 1. The van der Waals surface area contributed by atoms with Crippen LogP contribution >= 0.6 is 0 Å². The molecule has 1 atom stereocenters. The standard InChI is InChI=1S/C15H21N3O2/c1-3-4-13(16)15(20)17-12-5-6-14-11(9-12)7-8-18(14)10(2)19/h5-6,9,13H,3-4,7-8,16H2,1-2H3,(H,17,20). The summed E-state index contributed by atoms with van der Waals surface area (Å²) in [5.41, 5.74) is 8.55. The summed E-state index contributed by atoms with van der Waals surface area (Å²) in [6.45, 7) is 4.27. The van der Waals surface area contributed by atoms with Crippen molar-refractivity contribution in [2.75, 3.05) is 16.8 Å². The number of rotatable bonds is 4. The predicted molar refractivity (Wildman–Crippen MR) is 79.7 cm³/mol. The van der Waals surface area contributed by atoms with E-state index >= 15 is 0 Å². The molecule has 1 aliphatic heterocycles. The summed E-state index contributed by atoms with van der Waals surface area (Å²) < 4.78 is 0. The Kier molecular flexibility index (Phi) is 4.39. The maximum atomic E-state index is 11.9. The fraction of sp³-hybridized carbons (Fsp3) is 0.467. The summed E-state index contributed by atoms with van der Waals surface area (Å²) in [5.74, 6) is -0.112. The zero-order valence-electron chi connectivity index (χ0n) is 12.0. The number of anilines is 2. The van der Waals surface area contributed by atoms with Gasteiger partial charge in [0, 0.05) is 24.8 Å². The SMILES string of the molecule is CCCC(N)C(=O)Nc1ccc2c(c1)CCN2C(C)=O. The molecule has 0 fully saturated rings. The molecule has 5 nitrogen and oxygen atoms in total. The number of carbonyl (C=O) groups excluding carboxylic acids is 2. The molecule has 0 bridgehead atoms. The number of nitrogens with zero attached hydrogens (tertiary/aromatic N) is 1. The molecule has 1 aromatic carbocycles. The number of nitrogens with two attached hydrogens (primary N) is 1. The second-order valence-corrected chi connectivity index (χ2v) is 5.15. The Morgan fingerprint density at radius 3 is 2.85 bits per heavy atom. The molecule has 1 aliphatic rings. The molecule has 108 valence electrons. The van der Waals surface area contributed by atoms with Gasteiger partial charge in [-0.05, 0) is 36.6 Å². The summed E-state index contributed by atoms with van der Waals surface area (Å²) in [4.78, 5) is 25.1. The van der Waals surface area contributed by atoms with Crippen LogP contribution in [0.25, 0.3) is 0 Å². The van der Waals surface area contributed by atoms with Gasteiger partial charge in [-0.3, -0.25) is 9.59 Å². The van der Waals surface area contributed by atoms with Crippen molar-refractivity contribution in [3.05, 3.63) is 23.8 Å². The monoisotopic (exact) mass is 275 g/mol. The van der Waals surface area contributed by atoms with Crippen LogP contribution in [0.4, 0.5) is 11.4 Å². The quantitative estimate of drug-likeness (QED) is 0.877. The molecular formula is C15H21N3O2. The molecule has 0 saturated carbocycles. The average Bonchev–Trinajstić information content (AvgIpc) is 2.82. The molecule has 0 radical (unpaired) electrons. The largest absolute Gasteiger partial charge is 0.325 e. The minimum Gasteiger partial charge on any atom is -0.325 e. The van der Waals surface area contributed by atoms with Crippen LogP contribution in [0.15, 0.2) is 18.2 Å². The van der Waals surface area contributed by atoms with Gasteiger partial charge in [-0.25, -0.2) is 0 Å². The Hall–Kier alpha value is -1.88. The molecule has 2 amide bonds. The smallest absolute Gasteiger partial charge is 0.241 e. The van der Waals surface area contributed by atoms with Crippen molar-refractivity contribution >= 4 is 23.2 Å². The minimum atomic E-state index is -0.470. The van der Waals surface area contributed by atoms with Crippen LogP contribution in [-0.4, -0.2) is 24.4 Å². The molecule has 1 aromatic rings. The Bertz CT molecular complexity index is 528. The van der Waals surface area contributed by atoms with Gasteiger partial charge in [0.2, 0.25) is 11.8 Å². The van der Waals surface area contributed by atoms with E-state index in [2.05, 4.69) is 5.32 Å². The van der Waals surface area contributed by atoms with Crippen molar-refractivity contribution in [3.8, 4) is 0 Å². The number of fused-ring (bicyclic) bond motifs is 1. The van der Waals surface area contributed by atoms with E-state index in [1.54, 1.807) is 11.8 Å². The van der Waals surface area contributed by atoms with Crippen LogP contribution in [0.5, 0.6) is 0 Å². The van der Waals surface area contributed by atoms with Gasteiger partial charge in [-0.15, -0.1) is 0 Å². The first kappa shape index (κ1) is 14.5. The first-order chi connectivity index (χ1) is 9.52. The average molecular weight is 275 g/mol. The molecule has 0 spiro atoms. The van der Waals surface area contributed by atoms with Gasteiger partial charge in [-0.2, -0.15) is 0 Å². The zero-order valence-corrected chi connectivity index (χ0v) is 12.0. The Labute approximate surface area is 119 Å². The van der Waals surface area contributed by atoms with Crippen LogP contribution in [0.3, 0.4) is 0 Å². The molecular weight excluding hydrogens is 254 g/mol. The van der Waals surface area contributed by atoms with E-state index in [1.165, 1.54) is 0 Å². The number of benzene rings is 1. The summed E-state index contributed by atoms with van der Waals surface area (Å²) in [6, 6.07) is 5.15. The normalized spacial score (nSPS) is 14.8. The molecule has 3 N–H and O–H groups in total. The lowest BCUT2D eigenvalue weighted by Gasteiger charge is -2.15. The topological polar surface area (TPSA) is 75.4 Å². The van der Waals surface area contributed by atoms with E-state index < -0.39 is 6.04 Å². The van der Waals surface area contributed by atoms with Crippen molar-refractivity contribution in [1.82, 2.24) is 0 Å². The molecule has 1 unspecified atom stereocenters. The summed E-state index contributed by atoms with van der Waals surface area (Å²) in [5, 5.41) is 2.83. The minimum absolute atomic E-state index is 0.0468. The van der Waals surface area contributed by atoms with E-state index in [9.17, 15) is 9.59 Å². The lowest BCUT2D eigenvalue weighted by atomic mass is 10.1. The number of hydrogen-bond donors (Lipinski definition) is 2. The van der Waals surface area contributed by atoms with Gasteiger partial charge < -0.3 is 16.0 Å². The van der Waals surface area contributed by atoms with E-state index in [-0.39, 0.29) is 11.8 Å². The first-order valence-corrected chi connectivity index (χ1v) is 7.00. The lowest BCUT2D eigenvalue weighted by Crippen LogP contribution is -2.35. The van der Waals surface area contributed by atoms with Crippen molar-refractivity contribution < 1.29 is 9.59 Å². The van der Waals surface area contributed by atoms with Gasteiger partial charge in [0.15, 0.2) is 0 Å². The predicted octanol–water partition coefficient (Wildman–Crippen LogP) is 1.66. The van der Waals surface area contributed by atoms with Crippen molar-refractivity contribution in [3.63, 3.8) is 0 Å². The third-order valence-corrected chi connectivity index (χ3v) is 3.56. The van der Waals surface area contributed by atoms with Gasteiger partial charge in [0.25, 0.3) is 0 Å². The maximum Gasteiger partial charge on any atom is 0.241 e. The van der Waals surface area contributed by atoms with E-state index in [1.807, 2.05) is 25.1 Å². The van der Waals surface area contributed by atoms with E-state index in [0.29, 0.717) is 13.0 Å². The third kappa shape index (κ3) is 2.99. The fourth-order valence-corrected chi connectivity index (χ4v) is 2.48. The molecule has 0 saturated heterocycles. The van der Waals surface area contributed by atoms with Crippen molar-refractivity contribution in [2.45, 2.75) is 39.2 Å². The van der Waals surface area contributed by atoms with Gasteiger partial charge in [-0.1, -0.05) is 13.3 Å². The third-order valence-electron chi connectivity index (χ3n) is 3.56. The van der Waals surface area contributed by atoms with Crippen LogP contribution < -0.4 is 16.0 Å². The molecule has 2 rings (SSSR count). The zero-order chi connectivity index (χ0) is 14.7. The second-order valence-electron chi connectivity index (χ2n) is 5.15. The molecule has 0 aliphatic carbocycles. The lowest BCUT2D eigenvalue weighted by molar-refractivity contribution is -0.118. The Morgan fingerprint density at radius 1 is 1.45 bits per heavy atom. The number of carbonyl (C=O) groups is 2. The molecule has 20 heavy (non-hydrogen) atoms. The number of amides is 2. The second kappa shape index (κ2) is 6.05. The van der Waals surface area contributed by atoms with Crippen molar-refractivity contribution in [1.29, 1.82) is 0 Å². The summed E-state index contributed by atoms with van der Waals surface area (Å²) >= 11 is 0. The summed E-state index contributed by atoms with van der Waals surface area (Å²) in [7, 11) is 0.